The first-order valence-electron chi connectivity index (χ1n) is 6.24. The van der Waals surface area contributed by atoms with Gasteiger partial charge in [0.25, 0.3) is 0 Å². The predicted octanol–water partition coefficient (Wildman–Crippen LogP) is 1.53. The number of methoxy groups -OCH3 is 1. The van der Waals surface area contributed by atoms with E-state index in [1.54, 1.807) is 0 Å². The minimum atomic E-state index is -0.121. The van der Waals surface area contributed by atoms with Crippen LogP contribution in [0.4, 0.5) is 0 Å². The first-order chi connectivity index (χ1) is 8.51. The molecule has 100 valence electrons. The van der Waals surface area contributed by atoms with Crippen LogP contribution < -0.4 is 0 Å². The highest BCUT2D eigenvalue weighted by atomic mass is 16.5. The third-order valence-corrected chi connectivity index (χ3v) is 3.62. The number of esters is 1. The quantitative estimate of drug-likeness (QED) is 0.764. The van der Waals surface area contributed by atoms with Gasteiger partial charge in [-0.25, -0.2) is 4.98 Å². The van der Waals surface area contributed by atoms with Crippen molar-refractivity contribution < 1.29 is 13.9 Å². The van der Waals surface area contributed by atoms with Crippen molar-refractivity contribution in [3.05, 3.63) is 17.3 Å². The standard InChI is InChI=1S/C13H20N2O3/c1-8-5-15(6-11(8)13(16)17-4)7-12-14-9(2)10(3)18-12/h8,11H,5-7H2,1-4H3. The molecule has 1 aromatic rings. The second-order valence-corrected chi connectivity index (χ2v) is 5.05. The lowest BCUT2D eigenvalue weighted by Crippen LogP contribution is -2.24. The number of hydrogen-bond donors (Lipinski definition) is 0. The molecule has 5 heteroatoms. The Labute approximate surface area is 107 Å². The molecule has 0 spiro atoms. The van der Waals surface area contributed by atoms with E-state index in [4.69, 9.17) is 9.15 Å². The molecule has 2 heterocycles. The number of aryl methyl sites for hydroxylation is 2. The molecule has 2 rings (SSSR count). The van der Waals surface area contributed by atoms with Gasteiger partial charge >= 0.3 is 5.97 Å². The molecule has 2 unspecified atom stereocenters. The Morgan fingerprint density at radius 3 is 2.78 bits per heavy atom. The van der Waals surface area contributed by atoms with Crippen LogP contribution in [0.5, 0.6) is 0 Å². The molecule has 18 heavy (non-hydrogen) atoms. The molecule has 1 aliphatic rings. The van der Waals surface area contributed by atoms with Gasteiger partial charge in [0, 0.05) is 13.1 Å². The van der Waals surface area contributed by atoms with Gasteiger partial charge in [0.15, 0.2) is 0 Å². The van der Waals surface area contributed by atoms with E-state index in [2.05, 4.69) is 16.8 Å². The summed E-state index contributed by atoms with van der Waals surface area (Å²) in [5.41, 5.74) is 0.932. The van der Waals surface area contributed by atoms with Crippen molar-refractivity contribution in [3.63, 3.8) is 0 Å². The average Bonchev–Trinajstić information content (AvgIpc) is 2.82. The first kappa shape index (κ1) is 13.1. The van der Waals surface area contributed by atoms with E-state index >= 15 is 0 Å². The van der Waals surface area contributed by atoms with Crippen LogP contribution >= 0.6 is 0 Å². The zero-order valence-electron chi connectivity index (χ0n) is 11.4. The van der Waals surface area contributed by atoms with E-state index < -0.39 is 0 Å². The third kappa shape index (κ3) is 2.56. The molecule has 0 bridgehead atoms. The van der Waals surface area contributed by atoms with E-state index in [0.29, 0.717) is 19.0 Å². The van der Waals surface area contributed by atoms with Crippen LogP contribution in [0, 0.1) is 25.7 Å². The van der Waals surface area contributed by atoms with Crippen LogP contribution in [0.25, 0.3) is 0 Å². The molecule has 0 N–H and O–H groups in total. The highest BCUT2D eigenvalue weighted by Gasteiger charge is 2.35. The molecule has 0 radical (unpaired) electrons. The summed E-state index contributed by atoms with van der Waals surface area (Å²) < 4.78 is 10.4. The smallest absolute Gasteiger partial charge is 0.310 e. The normalized spacial score (nSPS) is 24.4. The van der Waals surface area contributed by atoms with Gasteiger partial charge in [0.05, 0.1) is 25.3 Å². The molecule has 0 aromatic carbocycles. The number of nitrogens with zero attached hydrogens (tertiary/aromatic N) is 2. The first-order valence-corrected chi connectivity index (χ1v) is 6.24. The van der Waals surface area contributed by atoms with Gasteiger partial charge in [-0.3, -0.25) is 9.69 Å². The SMILES string of the molecule is COC(=O)C1CN(Cc2nc(C)c(C)o2)CC1C. The lowest BCUT2D eigenvalue weighted by molar-refractivity contribution is -0.146. The van der Waals surface area contributed by atoms with E-state index in [9.17, 15) is 4.79 Å². The molecular formula is C13H20N2O3. The summed E-state index contributed by atoms with van der Waals surface area (Å²) in [7, 11) is 1.44. The number of hydrogen-bond acceptors (Lipinski definition) is 5. The number of carbonyl (C=O) groups excluding carboxylic acids is 1. The minimum Gasteiger partial charge on any atom is -0.469 e. The largest absolute Gasteiger partial charge is 0.469 e. The van der Waals surface area contributed by atoms with Crippen LogP contribution in [0.3, 0.4) is 0 Å². The summed E-state index contributed by atoms with van der Waals surface area (Å²) in [5, 5.41) is 0. The van der Waals surface area contributed by atoms with Gasteiger partial charge in [-0.15, -0.1) is 0 Å². The van der Waals surface area contributed by atoms with Crippen molar-refractivity contribution >= 4 is 5.97 Å². The summed E-state index contributed by atoms with van der Waals surface area (Å²) in [4.78, 5) is 18.1. The summed E-state index contributed by atoms with van der Waals surface area (Å²) in [6.45, 7) is 8.18. The molecular weight excluding hydrogens is 232 g/mol. The molecule has 0 saturated carbocycles. The second kappa shape index (κ2) is 5.10. The second-order valence-electron chi connectivity index (χ2n) is 5.05. The highest BCUT2D eigenvalue weighted by Crippen LogP contribution is 2.25. The van der Waals surface area contributed by atoms with Gasteiger partial charge in [-0.05, 0) is 19.8 Å². The Morgan fingerprint density at radius 1 is 1.50 bits per heavy atom. The van der Waals surface area contributed by atoms with Crippen LogP contribution in [0.15, 0.2) is 4.42 Å². The topological polar surface area (TPSA) is 55.6 Å². The lowest BCUT2D eigenvalue weighted by Gasteiger charge is -2.12. The Balaban J connectivity index is 1.98. The van der Waals surface area contributed by atoms with Crippen molar-refractivity contribution in [1.29, 1.82) is 0 Å². The third-order valence-electron chi connectivity index (χ3n) is 3.62. The van der Waals surface area contributed by atoms with Gasteiger partial charge < -0.3 is 9.15 Å². The maximum Gasteiger partial charge on any atom is 0.310 e. The molecule has 1 aromatic heterocycles. The molecule has 5 nitrogen and oxygen atoms in total. The van der Waals surface area contributed by atoms with Crippen LogP contribution in [0.2, 0.25) is 0 Å². The molecule has 1 saturated heterocycles. The van der Waals surface area contributed by atoms with Crippen molar-refractivity contribution in [2.75, 3.05) is 20.2 Å². The van der Waals surface area contributed by atoms with Gasteiger partial charge in [-0.1, -0.05) is 6.92 Å². The van der Waals surface area contributed by atoms with E-state index in [1.165, 1.54) is 7.11 Å². The summed E-state index contributed by atoms with van der Waals surface area (Å²) in [5.74, 6) is 1.75. The van der Waals surface area contributed by atoms with Crippen LogP contribution in [0.1, 0.15) is 24.3 Å². The van der Waals surface area contributed by atoms with E-state index in [0.717, 1.165) is 23.9 Å². The average molecular weight is 252 g/mol. The monoisotopic (exact) mass is 252 g/mol. The fourth-order valence-corrected chi connectivity index (χ4v) is 2.45. The zero-order valence-corrected chi connectivity index (χ0v) is 11.4. The lowest BCUT2D eigenvalue weighted by atomic mass is 9.99. The van der Waals surface area contributed by atoms with Gasteiger partial charge in [0.2, 0.25) is 5.89 Å². The number of likely N-dealkylation sites (tertiary alicyclic amines) is 1. The molecule has 2 atom stereocenters. The fraction of sp³-hybridized carbons (Fsp3) is 0.692. The predicted molar refractivity (Wildman–Crippen MR) is 65.9 cm³/mol. The summed E-state index contributed by atoms with van der Waals surface area (Å²) in [6.07, 6.45) is 0. The molecule has 1 aliphatic heterocycles. The Bertz CT molecular complexity index is 422. The highest BCUT2D eigenvalue weighted by molar-refractivity contribution is 5.73. The van der Waals surface area contributed by atoms with Crippen molar-refractivity contribution in [3.8, 4) is 0 Å². The number of oxazole rings is 1. The molecule has 1 fully saturated rings. The van der Waals surface area contributed by atoms with Crippen LogP contribution in [-0.4, -0.2) is 36.1 Å². The number of aromatic nitrogens is 1. The van der Waals surface area contributed by atoms with Gasteiger partial charge in [-0.2, -0.15) is 0 Å². The molecule has 0 amide bonds. The minimum absolute atomic E-state index is 0.0350. The van der Waals surface area contributed by atoms with Crippen molar-refractivity contribution in [1.82, 2.24) is 9.88 Å². The van der Waals surface area contributed by atoms with E-state index in [1.807, 2.05) is 13.8 Å². The van der Waals surface area contributed by atoms with Crippen molar-refractivity contribution in [2.45, 2.75) is 27.3 Å². The Hall–Kier alpha value is -1.36. The summed E-state index contributed by atoms with van der Waals surface area (Å²) >= 11 is 0. The maximum absolute atomic E-state index is 11.6. The van der Waals surface area contributed by atoms with Crippen molar-refractivity contribution in [2.24, 2.45) is 11.8 Å². The maximum atomic E-state index is 11.6. The fourth-order valence-electron chi connectivity index (χ4n) is 2.45. The Kier molecular flexibility index (Phi) is 3.71. The molecule has 0 aliphatic carbocycles. The van der Waals surface area contributed by atoms with Crippen LogP contribution in [-0.2, 0) is 16.1 Å². The number of ether oxygens (including phenoxy) is 1. The van der Waals surface area contributed by atoms with Gasteiger partial charge in [0.1, 0.15) is 5.76 Å². The summed E-state index contributed by atoms with van der Waals surface area (Å²) in [6, 6.07) is 0. The number of rotatable bonds is 3. The number of carbonyl (C=O) groups is 1. The van der Waals surface area contributed by atoms with E-state index in [-0.39, 0.29) is 11.9 Å². The Morgan fingerprint density at radius 2 is 2.22 bits per heavy atom. The zero-order chi connectivity index (χ0) is 13.3.